The van der Waals surface area contributed by atoms with E-state index in [0.717, 1.165) is 25.7 Å². The number of carbonyl (C=O) groups is 1. The van der Waals surface area contributed by atoms with Crippen molar-refractivity contribution in [2.24, 2.45) is 0 Å². The van der Waals surface area contributed by atoms with Gasteiger partial charge >= 0.3 is 13.7 Å². The number of unbranched alkanes of at least 4 members (excludes halogenated alkanes) is 9. The molecule has 3 rings (SSSR count). The van der Waals surface area contributed by atoms with Gasteiger partial charge in [0.25, 0.3) is 0 Å². The summed E-state index contributed by atoms with van der Waals surface area (Å²) >= 11 is 0. The minimum atomic E-state index is -5.07. The first-order valence-electron chi connectivity index (χ1n) is 15.2. The van der Waals surface area contributed by atoms with Gasteiger partial charge in [-0.25, -0.2) is 17.7 Å². The van der Waals surface area contributed by atoms with E-state index in [0.29, 0.717) is 12.0 Å². The molecule has 0 bridgehead atoms. The van der Waals surface area contributed by atoms with Crippen molar-refractivity contribution in [2.45, 2.75) is 83.6 Å². The van der Waals surface area contributed by atoms with Crippen LogP contribution in [0.25, 0.3) is 0 Å². The number of hydrogen-bond donors (Lipinski definition) is 1. The Balaban J connectivity index is 1.75. The lowest BCUT2D eigenvalue weighted by Gasteiger charge is -2.25. The highest BCUT2D eigenvalue weighted by atomic mass is 31.2. The van der Waals surface area contributed by atoms with Crippen LogP contribution >= 0.6 is 7.75 Å². The van der Waals surface area contributed by atoms with E-state index in [1.54, 1.807) is 36.4 Å². The fraction of sp³-hybridized carbons (Fsp3) is 0.424. The van der Waals surface area contributed by atoms with Crippen LogP contribution in [0.2, 0.25) is 0 Å². The van der Waals surface area contributed by atoms with E-state index in [1.165, 1.54) is 56.4 Å². The third-order valence-corrected chi connectivity index (χ3v) is 8.48. The molecular weight excluding hydrogens is 616 g/mol. The summed E-state index contributed by atoms with van der Waals surface area (Å²) in [5.74, 6) is -14.5. The van der Waals surface area contributed by atoms with Crippen LogP contribution in [0.1, 0.15) is 76.7 Å². The van der Waals surface area contributed by atoms with Gasteiger partial charge in [0.1, 0.15) is 11.8 Å². The van der Waals surface area contributed by atoms with Crippen LogP contribution in [0.3, 0.4) is 0 Å². The van der Waals surface area contributed by atoms with Crippen molar-refractivity contribution in [1.82, 2.24) is 5.09 Å². The SMILES string of the molecule is CCCCCCCCCCCCOC(=O)[C@H](Cc1ccccc1)N[P@@](=O)(Oc1ccccc1)Oc1c(F)c(F)c(F)c(F)c1F. The van der Waals surface area contributed by atoms with Crippen LogP contribution in [-0.2, 0) is 20.5 Å². The Bertz CT molecular complexity index is 1370. The van der Waals surface area contributed by atoms with Gasteiger partial charge in [0.05, 0.1) is 6.61 Å². The Morgan fingerprint density at radius 3 is 1.73 bits per heavy atom. The maximum absolute atomic E-state index is 14.6. The van der Waals surface area contributed by atoms with Gasteiger partial charge in [0, 0.05) is 0 Å². The highest BCUT2D eigenvalue weighted by Gasteiger charge is 2.39. The summed E-state index contributed by atoms with van der Waals surface area (Å²) in [5.41, 5.74) is 0.591. The number of rotatable bonds is 20. The van der Waals surface area contributed by atoms with Gasteiger partial charge in [-0.05, 0) is 30.5 Å². The molecule has 3 aromatic rings. The monoisotopic (exact) mass is 655 g/mol. The topological polar surface area (TPSA) is 73.9 Å². The molecule has 0 aliphatic carbocycles. The van der Waals surface area contributed by atoms with Gasteiger partial charge in [-0.1, -0.05) is 113 Å². The third-order valence-electron chi connectivity index (χ3n) is 6.97. The van der Waals surface area contributed by atoms with Crippen LogP contribution < -0.4 is 14.1 Å². The highest BCUT2D eigenvalue weighted by molar-refractivity contribution is 7.52. The molecule has 12 heteroatoms. The van der Waals surface area contributed by atoms with E-state index >= 15 is 0 Å². The number of esters is 1. The Hall–Kier alpha value is -3.43. The quantitative estimate of drug-likeness (QED) is 0.0326. The van der Waals surface area contributed by atoms with Crippen LogP contribution in [0.4, 0.5) is 22.0 Å². The van der Waals surface area contributed by atoms with Crippen molar-refractivity contribution in [3.8, 4) is 11.5 Å². The van der Waals surface area contributed by atoms with E-state index in [-0.39, 0.29) is 18.8 Å². The molecule has 1 N–H and O–H groups in total. The molecule has 3 aromatic carbocycles. The standard InChI is InChI=1S/C33H39F5NO5P/c1-2-3-4-5-6-7-8-9-10-17-22-42-33(40)26(23-24-18-13-11-14-19-24)39-45(41,43-25-20-15-12-16-21-25)44-32-30(37)28(35)27(34)29(36)31(32)38/h11-16,18-21,26H,2-10,17,22-23H2,1H3,(H,39,41)/t26-,45+/m0/s1. The summed E-state index contributed by atoms with van der Waals surface area (Å²) in [6.45, 7) is 2.24. The predicted molar refractivity (Wildman–Crippen MR) is 161 cm³/mol. The normalized spacial score (nSPS) is 13.2. The zero-order valence-electron chi connectivity index (χ0n) is 25.2. The van der Waals surface area contributed by atoms with E-state index < -0.39 is 54.6 Å². The molecule has 45 heavy (non-hydrogen) atoms. The van der Waals surface area contributed by atoms with Crippen molar-refractivity contribution in [3.05, 3.63) is 95.3 Å². The molecule has 0 fully saturated rings. The zero-order valence-corrected chi connectivity index (χ0v) is 26.1. The van der Waals surface area contributed by atoms with Gasteiger partial charge in [0.2, 0.25) is 34.8 Å². The zero-order chi connectivity index (χ0) is 32.7. The third kappa shape index (κ3) is 11.5. The maximum atomic E-state index is 14.6. The van der Waals surface area contributed by atoms with E-state index in [1.807, 2.05) is 0 Å². The second-order valence-electron chi connectivity index (χ2n) is 10.6. The maximum Gasteiger partial charge on any atom is 0.513 e. The van der Waals surface area contributed by atoms with Crippen LogP contribution in [0, 0.1) is 29.1 Å². The van der Waals surface area contributed by atoms with Crippen molar-refractivity contribution < 1.29 is 45.1 Å². The van der Waals surface area contributed by atoms with E-state index in [2.05, 4.69) is 12.0 Å². The molecule has 0 spiro atoms. The minimum absolute atomic E-state index is 0.0602. The van der Waals surface area contributed by atoms with E-state index in [4.69, 9.17) is 13.8 Å². The molecule has 2 atom stereocenters. The molecule has 0 heterocycles. The summed E-state index contributed by atoms with van der Waals surface area (Å²) in [5, 5.41) is 2.34. The molecule has 0 aliphatic rings. The summed E-state index contributed by atoms with van der Waals surface area (Å²) in [7, 11) is -5.07. The number of halogens is 5. The van der Waals surface area contributed by atoms with Crippen molar-refractivity contribution >= 4 is 13.7 Å². The molecule has 0 aliphatic heterocycles. The van der Waals surface area contributed by atoms with Crippen molar-refractivity contribution in [1.29, 1.82) is 0 Å². The first kappa shape index (κ1) is 36.0. The largest absolute Gasteiger partial charge is 0.513 e. The number of benzene rings is 3. The molecule has 0 amide bonds. The Labute approximate surface area is 260 Å². The first-order chi connectivity index (χ1) is 21.6. The predicted octanol–water partition coefficient (Wildman–Crippen LogP) is 9.61. The molecule has 0 aromatic heterocycles. The van der Waals surface area contributed by atoms with Crippen molar-refractivity contribution in [3.63, 3.8) is 0 Å². The van der Waals surface area contributed by atoms with Crippen molar-refractivity contribution in [2.75, 3.05) is 6.61 Å². The van der Waals surface area contributed by atoms with Gasteiger partial charge in [0.15, 0.2) is 0 Å². The first-order valence-corrected chi connectivity index (χ1v) is 16.7. The van der Waals surface area contributed by atoms with Gasteiger partial charge in [-0.2, -0.15) is 13.9 Å². The minimum Gasteiger partial charge on any atom is -0.465 e. The lowest BCUT2D eigenvalue weighted by atomic mass is 10.1. The lowest BCUT2D eigenvalue weighted by Crippen LogP contribution is -2.40. The average molecular weight is 656 g/mol. The summed E-state index contributed by atoms with van der Waals surface area (Å²) < 4.78 is 100. The van der Waals surface area contributed by atoms with Crippen LogP contribution in [-0.4, -0.2) is 18.6 Å². The molecule has 0 saturated carbocycles. The molecule has 6 nitrogen and oxygen atoms in total. The Morgan fingerprint density at radius 1 is 0.689 bits per heavy atom. The summed E-state index contributed by atoms with van der Waals surface area (Å²) in [4.78, 5) is 13.2. The molecule has 246 valence electrons. The highest BCUT2D eigenvalue weighted by Crippen LogP contribution is 2.48. The summed E-state index contributed by atoms with van der Waals surface area (Å²) in [6, 6.07) is 14.3. The second-order valence-corrected chi connectivity index (χ2v) is 12.2. The molecule has 0 unspecified atom stereocenters. The molecular formula is C33H39F5NO5P. The van der Waals surface area contributed by atoms with Crippen LogP contribution in [0.15, 0.2) is 60.7 Å². The number of para-hydroxylation sites is 1. The fourth-order valence-corrected chi connectivity index (χ4v) is 6.08. The molecule has 0 radical (unpaired) electrons. The van der Waals surface area contributed by atoms with E-state index in [9.17, 15) is 31.3 Å². The second kappa shape index (κ2) is 18.5. The smallest absolute Gasteiger partial charge is 0.465 e. The van der Waals surface area contributed by atoms with Gasteiger partial charge in [-0.15, -0.1) is 0 Å². The fourth-order valence-electron chi connectivity index (χ4n) is 4.56. The molecule has 0 saturated heterocycles. The Morgan fingerprint density at radius 2 is 1.18 bits per heavy atom. The number of carbonyl (C=O) groups excluding carboxylic acids is 1. The number of nitrogens with one attached hydrogen (secondary N) is 1. The average Bonchev–Trinajstić information content (AvgIpc) is 3.04. The Kier molecular flexibility index (Phi) is 14.8. The van der Waals surface area contributed by atoms with Gasteiger partial charge in [-0.3, -0.25) is 4.79 Å². The summed E-state index contributed by atoms with van der Waals surface area (Å²) in [6.07, 6.45) is 10.6. The van der Waals surface area contributed by atoms with Gasteiger partial charge < -0.3 is 13.8 Å². The number of hydrogen-bond acceptors (Lipinski definition) is 5. The number of ether oxygens (including phenoxy) is 1. The lowest BCUT2D eigenvalue weighted by molar-refractivity contribution is -0.145. The van der Waals surface area contributed by atoms with Crippen LogP contribution in [0.5, 0.6) is 11.5 Å².